The standard InChI is InChI=1S/C19H22N6/c1-14(15-7-5-4-6-8-15)21-18-13-20-24-19(23-18)22-16-9-11-17(12-10-16)25(2)3/h4-14H,1-3H3,(H2,21,22,23,24). The number of benzene rings is 2. The zero-order chi connectivity index (χ0) is 17.6. The molecule has 0 aliphatic carbocycles. The third kappa shape index (κ3) is 4.44. The van der Waals surface area contributed by atoms with Crippen LogP contribution in [0, 0.1) is 0 Å². The fraction of sp³-hybridized carbons (Fsp3) is 0.211. The van der Waals surface area contributed by atoms with Gasteiger partial charge in [-0.15, -0.1) is 5.10 Å². The molecule has 6 heteroatoms. The Morgan fingerprint density at radius 2 is 1.68 bits per heavy atom. The lowest BCUT2D eigenvalue weighted by Gasteiger charge is -2.15. The summed E-state index contributed by atoms with van der Waals surface area (Å²) in [5.74, 6) is 1.14. The Morgan fingerprint density at radius 3 is 2.36 bits per heavy atom. The maximum absolute atomic E-state index is 4.48. The maximum atomic E-state index is 4.48. The third-order valence-corrected chi connectivity index (χ3v) is 3.86. The van der Waals surface area contributed by atoms with E-state index in [1.807, 2.05) is 56.6 Å². The zero-order valence-electron chi connectivity index (χ0n) is 14.6. The first-order chi connectivity index (χ1) is 12.1. The van der Waals surface area contributed by atoms with E-state index in [4.69, 9.17) is 0 Å². The molecule has 0 radical (unpaired) electrons. The molecule has 1 atom stereocenters. The van der Waals surface area contributed by atoms with Gasteiger partial charge in [0.05, 0.1) is 6.20 Å². The molecule has 1 aromatic heterocycles. The van der Waals surface area contributed by atoms with Crippen molar-refractivity contribution in [3.63, 3.8) is 0 Å². The van der Waals surface area contributed by atoms with E-state index in [2.05, 4.69) is 49.8 Å². The topological polar surface area (TPSA) is 66.0 Å². The number of rotatable bonds is 6. The summed E-state index contributed by atoms with van der Waals surface area (Å²) < 4.78 is 0. The number of hydrogen-bond donors (Lipinski definition) is 2. The van der Waals surface area contributed by atoms with Crippen molar-refractivity contribution in [2.24, 2.45) is 0 Å². The van der Waals surface area contributed by atoms with Gasteiger partial charge in [-0.05, 0) is 36.8 Å². The minimum absolute atomic E-state index is 0.130. The molecule has 0 saturated heterocycles. The van der Waals surface area contributed by atoms with Gasteiger partial charge in [0.1, 0.15) is 0 Å². The molecule has 3 aromatic rings. The van der Waals surface area contributed by atoms with E-state index in [-0.39, 0.29) is 6.04 Å². The van der Waals surface area contributed by atoms with Gasteiger partial charge in [-0.2, -0.15) is 10.1 Å². The molecule has 2 aromatic carbocycles. The average Bonchev–Trinajstić information content (AvgIpc) is 2.63. The normalized spacial score (nSPS) is 11.6. The van der Waals surface area contributed by atoms with Crippen LogP contribution in [0.4, 0.5) is 23.1 Å². The number of nitrogens with one attached hydrogen (secondary N) is 2. The molecule has 0 aliphatic rings. The van der Waals surface area contributed by atoms with Crippen LogP contribution in [0.5, 0.6) is 0 Å². The molecule has 0 spiro atoms. The Morgan fingerprint density at radius 1 is 0.960 bits per heavy atom. The van der Waals surface area contributed by atoms with E-state index >= 15 is 0 Å². The highest BCUT2D eigenvalue weighted by Crippen LogP contribution is 2.20. The highest BCUT2D eigenvalue weighted by atomic mass is 15.3. The summed E-state index contributed by atoms with van der Waals surface area (Å²) in [6.45, 7) is 2.09. The van der Waals surface area contributed by atoms with Crippen molar-refractivity contribution in [2.75, 3.05) is 29.6 Å². The third-order valence-electron chi connectivity index (χ3n) is 3.86. The summed E-state index contributed by atoms with van der Waals surface area (Å²) in [6.07, 6.45) is 1.62. The first-order valence-electron chi connectivity index (χ1n) is 8.17. The molecule has 0 fully saturated rings. The molecule has 6 nitrogen and oxygen atoms in total. The van der Waals surface area contributed by atoms with Gasteiger partial charge >= 0.3 is 0 Å². The van der Waals surface area contributed by atoms with E-state index in [1.165, 1.54) is 5.56 Å². The molecular weight excluding hydrogens is 312 g/mol. The Balaban J connectivity index is 1.69. The van der Waals surface area contributed by atoms with Gasteiger partial charge in [-0.1, -0.05) is 30.3 Å². The lowest BCUT2D eigenvalue weighted by Crippen LogP contribution is -2.10. The quantitative estimate of drug-likeness (QED) is 0.714. The van der Waals surface area contributed by atoms with Crippen LogP contribution < -0.4 is 15.5 Å². The predicted octanol–water partition coefficient (Wildman–Crippen LogP) is 3.85. The Bertz CT molecular complexity index is 802. The fourth-order valence-electron chi connectivity index (χ4n) is 2.44. The van der Waals surface area contributed by atoms with Gasteiger partial charge in [0.15, 0.2) is 5.82 Å². The second kappa shape index (κ2) is 7.61. The van der Waals surface area contributed by atoms with Crippen LogP contribution >= 0.6 is 0 Å². The monoisotopic (exact) mass is 334 g/mol. The molecular formula is C19H22N6. The number of aromatic nitrogens is 3. The van der Waals surface area contributed by atoms with Crippen LogP contribution in [-0.4, -0.2) is 29.3 Å². The molecule has 0 amide bonds. The van der Waals surface area contributed by atoms with Crippen LogP contribution in [0.25, 0.3) is 0 Å². The molecule has 0 aliphatic heterocycles. The maximum Gasteiger partial charge on any atom is 0.249 e. The van der Waals surface area contributed by atoms with Gasteiger partial charge in [-0.25, -0.2) is 0 Å². The summed E-state index contributed by atoms with van der Waals surface area (Å²) in [4.78, 5) is 6.54. The van der Waals surface area contributed by atoms with E-state index in [0.29, 0.717) is 11.8 Å². The lowest BCUT2D eigenvalue weighted by atomic mass is 10.1. The van der Waals surface area contributed by atoms with E-state index < -0.39 is 0 Å². The van der Waals surface area contributed by atoms with Gasteiger partial charge < -0.3 is 15.5 Å². The van der Waals surface area contributed by atoms with Gasteiger partial charge in [-0.3, -0.25) is 0 Å². The first-order valence-corrected chi connectivity index (χ1v) is 8.17. The molecule has 0 saturated carbocycles. The van der Waals surface area contributed by atoms with E-state index in [0.717, 1.165) is 11.4 Å². The number of hydrogen-bond acceptors (Lipinski definition) is 6. The molecule has 1 unspecified atom stereocenters. The first kappa shape index (κ1) is 16.7. The lowest BCUT2D eigenvalue weighted by molar-refractivity contribution is 0.861. The zero-order valence-corrected chi connectivity index (χ0v) is 14.6. The van der Waals surface area contributed by atoms with Gasteiger partial charge in [0.2, 0.25) is 5.95 Å². The van der Waals surface area contributed by atoms with E-state index in [1.54, 1.807) is 6.20 Å². The highest BCUT2D eigenvalue weighted by Gasteiger charge is 2.07. The van der Waals surface area contributed by atoms with Crippen LogP contribution in [-0.2, 0) is 0 Å². The Kier molecular flexibility index (Phi) is 5.09. The van der Waals surface area contributed by atoms with Gasteiger partial charge in [0, 0.05) is 31.5 Å². The number of nitrogens with zero attached hydrogens (tertiary/aromatic N) is 4. The summed E-state index contributed by atoms with van der Waals surface area (Å²) >= 11 is 0. The molecule has 3 rings (SSSR count). The van der Waals surface area contributed by atoms with Crippen molar-refractivity contribution in [3.05, 3.63) is 66.4 Å². The van der Waals surface area contributed by atoms with E-state index in [9.17, 15) is 0 Å². The minimum Gasteiger partial charge on any atom is -0.378 e. The van der Waals surface area contributed by atoms with Crippen molar-refractivity contribution in [1.29, 1.82) is 0 Å². The van der Waals surface area contributed by atoms with Crippen molar-refractivity contribution >= 4 is 23.1 Å². The summed E-state index contributed by atoms with van der Waals surface area (Å²) in [7, 11) is 4.02. The molecule has 0 bridgehead atoms. The molecule has 1 heterocycles. The SMILES string of the molecule is CC(Nc1cnnc(Nc2ccc(N(C)C)cc2)n1)c1ccccc1. The fourth-order valence-corrected chi connectivity index (χ4v) is 2.44. The minimum atomic E-state index is 0.130. The van der Waals surface area contributed by atoms with Crippen LogP contribution in [0.2, 0.25) is 0 Å². The molecule has 2 N–H and O–H groups in total. The molecule has 25 heavy (non-hydrogen) atoms. The van der Waals surface area contributed by atoms with Gasteiger partial charge in [0.25, 0.3) is 0 Å². The van der Waals surface area contributed by atoms with Crippen LogP contribution in [0.15, 0.2) is 60.8 Å². The van der Waals surface area contributed by atoms with Crippen molar-refractivity contribution in [2.45, 2.75) is 13.0 Å². The predicted molar refractivity (Wildman–Crippen MR) is 102 cm³/mol. The largest absolute Gasteiger partial charge is 0.378 e. The molecule has 128 valence electrons. The second-order valence-electron chi connectivity index (χ2n) is 6.01. The average molecular weight is 334 g/mol. The van der Waals surface area contributed by atoms with Crippen LogP contribution in [0.1, 0.15) is 18.5 Å². The summed E-state index contributed by atoms with van der Waals surface area (Å²) in [5.41, 5.74) is 3.24. The van der Waals surface area contributed by atoms with Crippen molar-refractivity contribution in [3.8, 4) is 0 Å². The Hall–Kier alpha value is -3.15. The highest BCUT2D eigenvalue weighted by molar-refractivity contribution is 5.59. The van der Waals surface area contributed by atoms with Crippen LogP contribution in [0.3, 0.4) is 0 Å². The van der Waals surface area contributed by atoms with Crippen molar-refractivity contribution in [1.82, 2.24) is 15.2 Å². The Labute approximate surface area is 147 Å². The summed E-state index contributed by atoms with van der Waals surface area (Å²) in [6, 6.07) is 18.4. The number of anilines is 4. The van der Waals surface area contributed by atoms with Crippen molar-refractivity contribution < 1.29 is 0 Å². The summed E-state index contributed by atoms with van der Waals surface area (Å²) in [5, 5.41) is 14.6. The second-order valence-corrected chi connectivity index (χ2v) is 6.01. The smallest absolute Gasteiger partial charge is 0.249 e.